The lowest BCUT2D eigenvalue weighted by Gasteiger charge is -2.13. The fourth-order valence-electron chi connectivity index (χ4n) is 1.27. The van der Waals surface area contributed by atoms with Gasteiger partial charge in [-0.2, -0.15) is 0 Å². The Morgan fingerprint density at radius 1 is 1.53 bits per heavy atom. The first-order valence-corrected chi connectivity index (χ1v) is 4.25. The second kappa shape index (κ2) is 6.27. The molecule has 0 fully saturated rings. The number of ether oxygens (including phenoxy) is 1. The quantitative estimate of drug-likeness (QED) is 0.826. The second-order valence-electron chi connectivity index (χ2n) is 2.95. The predicted octanol–water partition coefficient (Wildman–Crippen LogP) is 1.59. The lowest BCUT2D eigenvalue weighted by Crippen LogP contribution is -2.15. The molecule has 0 spiro atoms. The lowest BCUT2D eigenvalue weighted by molar-refractivity contribution is -0.137. The summed E-state index contributed by atoms with van der Waals surface area (Å²) in [4.78, 5) is 10.5. The molecular formula is C10H14ClNO3. The summed E-state index contributed by atoms with van der Waals surface area (Å²) < 4.78 is 5.08. The molecule has 0 amide bonds. The average molecular weight is 232 g/mol. The van der Waals surface area contributed by atoms with Crippen LogP contribution in [0.3, 0.4) is 0 Å². The summed E-state index contributed by atoms with van der Waals surface area (Å²) in [7, 11) is 1.53. The van der Waals surface area contributed by atoms with Gasteiger partial charge in [0.05, 0.1) is 13.5 Å². The highest BCUT2D eigenvalue weighted by Gasteiger charge is 2.14. The SMILES string of the molecule is COc1ccccc1[C@@H](N)CC(=O)O.Cl. The molecule has 4 nitrogen and oxygen atoms in total. The third-order valence-electron chi connectivity index (χ3n) is 1.93. The Hall–Kier alpha value is -1.26. The summed E-state index contributed by atoms with van der Waals surface area (Å²) in [5.74, 6) is -0.287. The van der Waals surface area contributed by atoms with Crippen LogP contribution in [0, 0.1) is 0 Å². The van der Waals surface area contributed by atoms with Gasteiger partial charge in [0.15, 0.2) is 0 Å². The van der Waals surface area contributed by atoms with Crippen molar-refractivity contribution >= 4 is 18.4 Å². The molecule has 0 aliphatic heterocycles. The minimum absolute atomic E-state index is 0. The maximum absolute atomic E-state index is 10.5. The van der Waals surface area contributed by atoms with Crippen molar-refractivity contribution in [2.24, 2.45) is 5.73 Å². The fraction of sp³-hybridized carbons (Fsp3) is 0.300. The van der Waals surface area contributed by atoms with Crippen LogP contribution in [-0.2, 0) is 4.79 Å². The number of hydrogen-bond acceptors (Lipinski definition) is 3. The van der Waals surface area contributed by atoms with Crippen LogP contribution in [0.1, 0.15) is 18.0 Å². The molecule has 0 aromatic heterocycles. The van der Waals surface area contributed by atoms with E-state index in [0.717, 1.165) is 5.56 Å². The van der Waals surface area contributed by atoms with Crippen molar-refractivity contribution in [3.05, 3.63) is 29.8 Å². The van der Waals surface area contributed by atoms with Crippen molar-refractivity contribution in [1.82, 2.24) is 0 Å². The van der Waals surface area contributed by atoms with Gasteiger partial charge in [-0.15, -0.1) is 12.4 Å². The first-order chi connectivity index (χ1) is 6.65. The number of carboxylic acids is 1. The predicted molar refractivity (Wildman–Crippen MR) is 59.4 cm³/mol. The van der Waals surface area contributed by atoms with Gasteiger partial charge in [-0.25, -0.2) is 0 Å². The minimum atomic E-state index is -0.914. The molecule has 0 saturated carbocycles. The molecule has 15 heavy (non-hydrogen) atoms. The molecule has 0 radical (unpaired) electrons. The Bertz CT molecular complexity index is 330. The van der Waals surface area contributed by atoms with E-state index >= 15 is 0 Å². The van der Waals surface area contributed by atoms with Gasteiger partial charge in [-0.3, -0.25) is 4.79 Å². The number of carbonyl (C=O) groups is 1. The molecule has 0 unspecified atom stereocenters. The topological polar surface area (TPSA) is 72.5 Å². The number of carboxylic acid groups (broad SMARTS) is 1. The molecule has 1 atom stereocenters. The summed E-state index contributed by atoms with van der Waals surface area (Å²) >= 11 is 0. The van der Waals surface area contributed by atoms with Gasteiger partial charge in [0.2, 0.25) is 0 Å². The van der Waals surface area contributed by atoms with Crippen LogP contribution < -0.4 is 10.5 Å². The molecule has 0 aliphatic rings. The number of aliphatic carboxylic acids is 1. The third kappa shape index (κ3) is 3.77. The van der Waals surface area contributed by atoms with Crippen molar-refractivity contribution in [1.29, 1.82) is 0 Å². The van der Waals surface area contributed by atoms with Crippen molar-refractivity contribution in [3.8, 4) is 5.75 Å². The normalized spacial score (nSPS) is 11.3. The van der Waals surface area contributed by atoms with Crippen molar-refractivity contribution in [3.63, 3.8) is 0 Å². The van der Waals surface area contributed by atoms with E-state index in [1.165, 1.54) is 7.11 Å². The Morgan fingerprint density at radius 2 is 2.13 bits per heavy atom. The average Bonchev–Trinajstić information content (AvgIpc) is 2.16. The van der Waals surface area contributed by atoms with Gasteiger partial charge in [0.1, 0.15) is 5.75 Å². The van der Waals surface area contributed by atoms with E-state index in [2.05, 4.69) is 0 Å². The Labute approximate surface area is 94.5 Å². The highest BCUT2D eigenvalue weighted by atomic mass is 35.5. The number of methoxy groups -OCH3 is 1. The zero-order chi connectivity index (χ0) is 10.6. The molecule has 3 N–H and O–H groups in total. The monoisotopic (exact) mass is 231 g/mol. The second-order valence-corrected chi connectivity index (χ2v) is 2.95. The van der Waals surface area contributed by atoms with Crippen LogP contribution in [0.2, 0.25) is 0 Å². The van der Waals surface area contributed by atoms with E-state index in [1.807, 2.05) is 6.07 Å². The highest BCUT2D eigenvalue weighted by molar-refractivity contribution is 5.85. The molecule has 1 aromatic carbocycles. The largest absolute Gasteiger partial charge is 0.496 e. The van der Waals surface area contributed by atoms with Gasteiger partial charge in [0, 0.05) is 11.6 Å². The van der Waals surface area contributed by atoms with E-state index in [9.17, 15) is 4.79 Å². The first kappa shape index (κ1) is 13.7. The van der Waals surface area contributed by atoms with Crippen LogP contribution >= 0.6 is 12.4 Å². The number of para-hydroxylation sites is 1. The maximum atomic E-state index is 10.5. The van der Waals surface area contributed by atoms with E-state index in [4.69, 9.17) is 15.6 Å². The summed E-state index contributed by atoms with van der Waals surface area (Å²) in [6.07, 6.45) is -0.0969. The Morgan fingerprint density at radius 3 is 2.67 bits per heavy atom. The summed E-state index contributed by atoms with van der Waals surface area (Å²) in [5.41, 5.74) is 6.43. The van der Waals surface area contributed by atoms with Gasteiger partial charge in [0.25, 0.3) is 0 Å². The van der Waals surface area contributed by atoms with Crippen molar-refractivity contribution < 1.29 is 14.6 Å². The van der Waals surface area contributed by atoms with Crippen LogP contribution in [0.5, 0.6) is 5.75 Å². The molecule has 0 heterocycles. The van der Waals surface area contributed by atoms with Crippen LogP contribution in [0.4, 0.5) is 0 Å². The molecule has 1 rings (SSSR count). The summed E-state index contributed by atoms with van der Waals surface area (Å²) in [5, 5.41) is 8.59. The number of halogens is 1. The molecule has 0 saturated heterocycles. The van der Waals surface area contributed by atoms with Gasteiger partial charge >= 0.3 is 5.97 Å². The molecular weight excluding hydrogens is 218 g/mol. The van der Waals surface area contributed by atoms with Gasteiger partial charge in [-0.05, 0) is 6.07 Å². The smallest absolute Gasteiger partial charge is 0.305 e. The zero-order valence-corrected chi connectivity index (χ0v) is 9.16. The lowest BCUT2D eigenvalue weighted by atomic mass is 10.0. The Kier molecular flexibility index (Phi) is 5.74. The van der Waals surface area contributed by atoms with Gasteiger partial charge < -0.3 is 15.6 Å². The summed E-state index contributed by atoms with van der Waals surface area (Å²) in [6, 6.07) is 6.63. The molecule has 0 aliphatic carbocycles. The number of hydrogen-bond donors (Lipinski definition) is 2. The van der Waals surface area contributed by atoms with E-state index in [1.54, 1.807) is 18.2 Å². The van der Waals surface area contributed by atoms with Crippen LogP contribution in [-0.4, -0.2) is 18.2 Å². The first-order valence-electron chi connectivity index (χ1n) is 4.25. The van der Waals surface area contributed by atoms with Gasteiger partial charge in [-0.1, -0.05) is 18.2 Å². The molecule has 1 aromatic rings. The molecule has 5 heteroatoms. The van der Waals surface area contributed by atoms with E-state index in [0.29, 0.717) is 5.75 Å². The number of benzene rings is 1. The van der Waals surface area contributed by atoms with E-state index < -0.39 is 12.0 Å². The Balaban J connectivity index is 0.00000196. The minimum Gasteiger partial charge on any atom is -0.496 e. The van der Waals surface area contributed by atoms with Crippen molar-refractivity contribution in [2.45, 2.75) is 12.5 Å². The standard InChI is InChI=1S/C10H13NO3.ClH/c1-14-9-5-3-2-4-7(9)8(11)6-10(12)13;/h2-5,8H,6,11H2,1H3,(H,12,13);1H/t8-;/m0./s1. The highest BCUT2D eigenvalue weighted by Crippen LogP contribution is 2.24. The van der Waals surface area contributed by atoms with Crippen LogP contribution in [0.15, 0.2) is 24.3 Å². The number of nitrogens with two attached hydrogens (primary N) is 1. The van der Waals surface area contributed by atoms with Crippen LogP contribution in [0.25, 0.3) is 0 Å². The van der Waals surface area contributed by atoms with E-state index in [-0.39, 0.29) is 18.8 Å². The van der Waals surface area contributed by atoms with Crippen molar-refractivity contribution in [2.75, 3.05) is 7.11 Å². The summed E-state index contributed by atoms with van der Waals surface area (Å²) in [6.45, 7) is 0. The fourth-order valence-corrected chi connectivity index (χ4v) is 1.27. The molecule has 84 valence electrons. The maximum Gasteiger partial charge on any atom is 0.305 e. The number of rotatable bonds is 4. The zero-order valence-electron chi connectivity index (χ0n) is 8.34. The molecule has 0 bridgehead atoms. The third-order valence-corrected chi connectivity index (χ3v) is 1.93.